The third kappa shape index (κ3) is 9.66. The van der Waals surface area contributed by atoms with Gasteiger partial charge in [0.15, 0.2) is 0 Å². The first kappa shape index (κ1) is 19.8. The molecule has 0 saturated carbocycles. The molecular formula is C15H36N4O. The van der Waals surface area contributed by atoms with Gasteiger partial charge in [-0.05, 0) is 50.1 Å². The van der Waals surface area contributed by atoms with Crippen LogP contribution in [-0.4, -0.2) is 38.4 Å². The van der Waals surface area contributed by atoms with E-state index >= 15 is 0 Å². The fourth-order valence-electron chi connectivity index (χ4n) is 2.47. The summed E-state index contributed by atoms with van der Waals surface area (Å²) >= 11 is 0. The maximum absolute atomic E-state index is 6.19. The lowest BCUT2D eigenvalue weighted by Gasteiger charge is -2.29. The summed E-state index contributed by atoms with van der Waals surface area (Å²) in [6.07, 6.45) is 3.72. The summed E-state index contributed by atoms with van der Waals surface area (Å²) in [5.41, 5.74) is 23.7. The van der Waals surface area contributed by atoms with Crippen molar-refractivity contribution in [3.8, 4) is 0 Å². The van der Waals surface area contributed by atoms with Gasteiger partial charge < -0.3 is 27.7 Å². The van der Waals surface area contributed by atoms with Crippen LogP contribution in [0.15, 0.2) is 0 Å². The smallest absolute Gasteiger partial charge is 0.0481 e. The zero-order chi connectivity index (χ0) is 15.6. The molecule has 3 atom stereocenters. The molecular weight excluding hydrogens is 252 g/mol. The minimum atomic E-state index is -0.00341. The molecule has 20 heavy (non-hydrogen) atoms. The van der Waals surface area contributed by atoms with Gasteiger partial charge in [-0.2, -0.15) is 0 Å². The van der Waals surface area contributed by atoms with Gasteiger partial charge in [-0.1, -0.05) is 20.8 Å². The predicted molar refractivity (Wildman–Crippen MR) is 86.3 cm³/mol. The summed E-state index contributed by atoms with van der Waals surface area (Å²) in [4.78, 5) is 0. The molecule has 5 heteroatoms. The van der Waals surface area contributed by atoms with E-state index in [1.165, 1.54) is 0 Å². The van der Waals surface area contributed by atoms with Crippen LogP contribution >= 0.6 is 0 Å². The van der Waals surface area contributed by atoms with Crippen LogP contribution in [0.1, 0.15) is 46.5 Å². The van der Waals surface area contributed by atoms with Crippen LogP contribution in [-0.2, 0) is 4.74 Å². The highest BCUT2D eigenvalue weighted by atomic mass is 16.5. The van der Waals surface area contributed by atoms with Gasteiger partial charge in [0, 0.05) is 25.3 Å². The molecule has 0 aromatic rings. The van der Waals surface area contributed by atoms with E-state index < -0.39 is 0 Å². The van der Waals surface area contributed by atoms with Gasteiger partial charge in [0.25, 0.3) is 0 Å². The second-order valence-corrected chi connectivity index (χ2v) is 6.78. The lowest BCUT2D eigenvalue weighted by Crippen LogP contribution is -2.43. The van der Waals surface area contributed by atoms with Gasteiger partial charge in [0.1, 0.15) is 0 Å². The molecule has 0 heterocycles. The quantitative estimate of drug-likeness (QED) is 0.397. The summed E-state index contributed by atoms with van der Waals surface area (Å²) in [6.45, 7) is 9.35. The molecule has 3 unspecified atom stereocenters. The largest absolute Gasteiger partial charge is 0.381 e. The average Bonchev–Trinajstić information content (AvgIpc) is 2.37. The maximum atomic E-state index is 6.19. The number of hydrogen-bond acceptors (Lipinski definition) is 5. The first-order chi connectivity index (χ1) is 9.32. The van der Waals surface area contributed by atoms with Crippen molar-refractivity contribution in [2.75, 3.05) is 26.3 Å². The lowest BCUT2D eigenvalue weighted by atomic mass is 9.80. The molecule has 0 radical (unpaired) electrons. The van der Waals surface area contributed by atoms with Crippen LogP contribution in [0.3, 0.4) is 0 Å². The van der Waals surface area contributed by atoms with Crippen molar-refractivity contribution in [2.45, 2.75) is 58.5 Å². The highest BCUT2D eigenvalue weighted by molar-refractivity contribution is 4.80. The van der Waals surface area contributed by atoms with Crippen molar-refractivity contribution in [2.24, 2.45) is 34.3 Å². The van der Waals surface area contributed by atoms with E-state index in [4.69, 9.17) is 27.7 Å². The Morgan fingerprint density at radius 2 is 1.70 bits per heavy atom. The highest BCUT2D eigenvalue weighted by Crippen LogP contribution is 2.26. The molecule has 5 nitrogen and oxygen atoms in total. The van der Waals surface area contributed by atoms with E-state index in [1.807, 2.05) is 0 Å². The Morgan fingerprint density at radius 1 is 1.05 bits per heavy atom. The predicted octanol–water partition coefficient (Wildman–Crippen LogP) is 0.798. The van der Waals surface area contributed by atoms with E-state index in [1.54, 1.807) is 0 Å². The van der Waals surface area contributed by atoms with Gasteiger partial charge in [0.05, 0.1) is 0 Å². The van der Waals surface area contributed by atoms with Crippen LogP contribution in [0.2, 0.25) is 0 Å². The SMILES string of the molecule is CC(CC(N)C(N)CCOCCCN)CC(C)(C)CN. The summed E-state index contributed by atoms with van der Waals surface area (Å²) in [5, 5.41) is 0. The molecule has 0 aliphatic rings. The number of ether oxygens (including phenoxy) is 1. The van der Waals surface area contributed by atoms with E-state index in [0.717, 1.165) is 25.7 Å². The van der Waals surface area contributed by atoms with Crippen LogP contribution in [0.5, 0.6) is 0 Å². The number of hydrogen-bond donors (Lipinski definition) is 4. The van der Waals surface area contributed by atoms with Crippen LogP contribution in [0.25, 0.3) is 0 Å². The van der Waals surface area contributed by atoms with Gasteiger partial charge in [-0.3, -0.25) is 0 Å². The Morgan fingerprint density at radius 3 is 2.25 bits per heavy atom. The zero-order valence-corrected chi connectivity index (χ0v) is 13.6. The first-order valence-electron chi connectivity index (χ1n) is 7.81. The molecule has 0 fully saturated rings. The molecule has 8 N–H and O–H groups in total. The van der Waals surface area contributed by atoms with Crippen LogP contribution in [0.4, 0.5) is 0 Å². The monoisotopic (exact) mass is 288 g/mol. The summed E-state index contributed by atoms with van der Waals surface area (Å²) in [6, 6.07) is 0.0213. The molecule has 0 rings (SSSR count). The second kappa shape index (κ2) is 10.5. The minimum Gasteiger partial charge on any atom is -0.381 e. The maximum Gasteiger partial charge on any atom is 0.0481 e. The van der Waals surface area contributed by atoms with E-state index in [0.29, 0.717) is 32.2 Å². The van der Waals surface area contributed by atoms with E-state index in [9.17, 15) is 0 Å². The fraction of sp³-hybridized carbons (Fsp3) is 1.00. The van der Waals surface area contributed by atoms with Crippen LogP contribution in [0, 0.1) is 11.3 Å². The Hall–Kier alpha value is -0.200. The van der Waals surface area contributed by atoms with Crippen molar-refractivity contribution < 1.29 is 4.74 Å². The van der Waals surface area contributed by atoms with Crippen molar-refractivity contribution in [1.29, 1.82) is 0 Å². The van der Waals surface area contributed by atoms with Gasteiger partial charge in [-0.25, -0.2) is 0 Å². The van der Waals surface area contributed by atoms with Gasteiger partial charge in [0.2, 0.25) is 0 Å². The summed E-state index contributed by atoms with van der Waals surface area (Å²) in [7, 11) is 0. The molecule has 0 aromatic heterocycles. The lowest BCUT2D eigenvalue weighted by molar-refractivity contribution is 0.122. The van der Waals surface area contributed by atoms with Crippen molar-refractivity contribution in [3.05, 3.63) is 0 Å². The molecule has 0 spiro atoms. The van der Waals surface area contributed by atoms with Crippen molar-refractivity contribution in [3.63, 3.8) is 0 Å². The number of rotatable bonds is 12. The topological polar surface area (TPSA) is 113 Å². The fourth-order valence-corrected chi connectivity index (χ4v) is 2.47. The minimum absolute atomic E-state index is 0.00341. The standard InChI is InChI=1S/C15H36N4O/c1-12(10-15(2,3)11-17)9-14(19)13(18)5-8-20-7-4-6-16/h12-14H,4-11,16-19H2,1-3H3. The first-order valence-corrected chi connectivity index (χ1v) is 7.81. The number of nitrogens with two attached hydrogens (primary N) is 4. The average molecular weight is 288 g/mol. The van der Waals surface area contributed by atoms with Crippen molar-refractivity contribution >= 4 is 0 Å². The Bertz CT molecular complexity index is 236. The molecule has 0 aliphatic carbocycles. The zero-order valence-electron chi connectivity index (χ0n) is 13.6. The Kier molecular flexibility index (Phi) is 10.4. The van der Waals surface area contributed by atoms with E-state index in [2.05, 4.69) is 20.8 Å². The van der Waals surface area contributed by atoms with Crippen molar-refractivity contribution in [1.82, 2.24) is 0 Å². The van der Waals surface area contributed by atoms with E-state index in [-0.39, 0.29) is 17.5 Å². The normalized spacial score (nSPS) is 16.9. The van der Waals surface area contributed by atoms with Gasteiger partial charge >= 0.3 is 0 Å². The summed E-state index contributed by atoms with van der Waals surface area (Å²) < 4.78 is 5.47. The van der Waals surface area contributed by atoms with Gasteiger partial charge in [-0.15, -0.1) is 0 Å². The third-order valence-electron chi connectivity index (χ3n) is 3.77. The third-order valence-corrected chi connectivity index (χ3v) is 3.77. The Balaban J connectivity index is 3.85. The summed E-state index contributed by atoms with van der Waals surface area (Å²) in [5.74, 6) is 0.535. The second-order valence-electron chi connectivity index (χ2n) is 6.78. The molecule has 0 amide bonds. The molecule has 0 aromatic carbocycles. The molecule has 122 valence electrons. The molecule has 0 aliphatic heterocycles. The molecule has 0 saturated heterocycles. The Labute approximate surface area is 124 Å². The van der Waals surface area contributed by atoms with Crippen LogP contribution < -0.4 is 22.9 Å². The highest BCUT2D eigenvalue weighted by Gasteiger charge is 2.22. The molecule has 0 bridgehead atoms.